The summed E-state index contributed by atoms with van der Waals surface area (Å²) in [6.07, 6.45) is 1.06. The molecule has 0 aliphatic rings. The maximum atomic E-state index is 13.9. The summed E-state index contributed by atoms with van der Waals surface area (Å²) >= 11 is 5.93. The quantitative estimate of drug-likeness (QED) is 0.380. The van der Waals surface area contributed by atoms with Gasteiger partial charge in [0.15, 0.2) is 0 Å². The Hall–Kier alpha value is -3.43. The van der Waals surface area contributed by atoms with Crippen LogP contribution in [0.3, 0.4) is 0 Å². The maximum absolute atomic E-state index is 13.9. The molecule has 0 fully saturated rings. The molecule has 3 rings (SSSR count). The Kier molecular flexibility index (Phi) is 7.67. The highest BCUT2D eigenvalue weighted by atomic mass is 35.5. The molecule has 33 heavy (non-hydrogen) atoms. The van der Waals surface area contributed by atoms with Gasteiger partial charge < -0.3 is 4.74 Å². The van der Waals surface area contributed by atoms with Gasteiger partial charge in [-0.3, -0.25) is 9.10 Å². The molecule has 0 aliphatic heterocycles. The van der Waals surface area contributed by atoms with E-state index >= 15 is 0 Å². The average molecular weight is 490 g/mol. The van der Waals surface area contributed by atoms with Crippen LogP contribution in [-0.2, 0) is 14.8 Å². The normalized spacial score (nSPS) is 11.4. The smallest absolute Gasteiger partial charge is 0.264 e. The number of nitrogens with one attached hydrogen (secondary N) is 1. The van der Waals surface area contributed by atoms with Crippen LogP contribution in [0, 0.1) is 12.7 Å². The number of nitrogens with zero attached hydrogens (tertiary/aromatic N) is 2. The number of rotatable bonds is 8. The summed E-state index contributed by atoms with van der Waals surface area (Å²) in [5.41, 5.74) is 3.33. The van der Waals surface area contributed by atoms with Crippen LogP contribution < -0.4 is 14.5 Å². The number of benzene rings is 3. The number of anilines is 1. The number of carbonyl (C=O) groups excluding carboxylic acids is 1. The van der Waals surface area contributed by atoms with Crippen molar-refractivity contribution in [1.29, 1.82) is 0 Å². The number of sulfonamides is 1. The van der Waals surface area contributed by atoms with Gasteiger partial charge in [-0.05, 0) is 43.3 Å². The van der Waals surface area contributed by atoms with Gasteiger partial charge in [0, 0.05) is 11.6 Å². The van der Waals surface area contributed by atoms with Gasteiger partial charge in [0.25, 0.3) is 15.9 Å². The summed E-state index contributed by atoms with van der Waals surface area (Å²) in [5, 5.41) is 3.83. The molecular formula is C23H21ClFN3O4S. The van der Waals surface area contributed by atoms with E-state index in [-0.39, 0.29) is 21.2 Å². The molecule has 0 aromatic heterocycles. The minimum absolute atomic E-state index is 0.00334. The van der Waals surface area contributed by atoms with Crippen LogP contribution in [0.15, 0.2) is 76.7 Å². The van der Waals surface area contributed by atoms with E-state index in [0.717, 1.165) is 16.1 Å². The highest BCUT2D eigenvalue weighted by molar-refractivity contribution is 7.92. The molecule has 172 valence electrons. The lowest BCUT2D eigenvalue weighted by Gasteiger charge is -2.24. The zero-order valence-electron chi connectivity index (χ0n) is 17.8. The highest BCUT2D eigenvalue weighted by Gasteiger charge is 2.27. The number of hydrogen-bond acceptors (Lipinski definition) is 5. The van der Waals surface area contributed by atoms with Crippen molar-refractivity contribution in [1.82, 2.24) is 5.43 Å². The molecule has 0 saturated carbocycles. The van der Waals surface area contributed by atoms with Gasteiger partial charge in [-0.15, -0.1) is 0 Å². The predicted octanol–water partition coefficient (Wildman–Crippen LogP) is 4.14. The molecule has 0 atom stereocenters. The van der Waals surface area contributed by atoms with Gasteiger partial charge in [0.2, 0.25) is 0 Å². The van der Waals surface area contributed by atoms with E-state index in [1.807, 2.05) is 6.92 Å². The van der Waals surface area contributed by atoms with E-state index in [1.165, 1.54) is 43.5 Å². The summed E-state index contributed by atoms with van der Waals surface area (Å²) in [7, 11) is -2.65. The Labute approximate surface area is 196 Å². The molecular weight excluding hydrogens is 469 g/mol. The van der Waals surface area contributed by atoms with Gasteiger partial charge >= 0.3 is 0 Å². The van der Waals surface area contributed by atoms with Gasteiger partial charge in [-0.1, -0.05) is 41.4 Å². The summed E-state index contributed by atoms with van der Waals surface area (Å²) in [6.45, 7) is 1.26. The Balaban J connectivity index is 1.88. The molecule has 1 N–H and O–H groups in total. The number of hydrogen-bond donors (Lipinski definition) is 1. The molecule has 1 amide bonds. The fraction of sp³-hybridized carbons (Fsp3) is 0.130. The molecule has 0 radical (unpaired) electrons. The van der Waals surface area contributed by atoms with E-state index < -0.39 is 28.3 Å². The highest BCUT2D eigenvalue weighted by Crippen LogP contribution is 2.27. The molecule has 3 aromatic rings. The molecule has 0 heterocycles. The summed E-state index contributed by atoms with van der Waals surface area (Å²) in [4.78, 5) is 12.6. The molecule has 7 nitrogen and oxygen atoms in total. The van der Waals surface area contributed by atoms with Gasteiger partial charge in [-0.25, -0.2) is 18.2 Å². The van der Waals surface area contributed by atoms with Crippen molar-refractivity contribution >= 4 is 39.4 Å². The van der Waals surface area contributed by atoms with E-state index in [1.54, 1.807) is 30.3 Å². The van der Waals surface area contributed by atoms with Crippen molar-refractivity contribution in [3.05, 3.63) is 88.7 Å². The van der Waals surface area contributed by atoms with Crippen LogP contribution in [0.4, 0.5) is 10.1 Å². The van der Waals surface area contributed by atoms with Crippen molar-refractivity contribution in [3.8, 4) is 5.75 Å². The summed E-state index contributed by atoms with van der Waals surface area (Å²) in [6, 6.07) is 16.7. The Morgan fingerprint density at radius 2 is 1.85 bits per heavy atom. The van der Waals surface area contributed by atoms with E-state index in [2.05, 4.69) is 10.5 Å². The van der Waals surface area contributed by atoms with Crippen LogP contribution in [0.5, 0.6) is 5.75 Å². The first kappa shape index (κ1) is 24.2. The first-order valence-corrected chi connectivity index (χ1v) is 11.5. The van der Waals surface area contributed by atoms with Crippen molar-refractivity contribution in [3.63, 3.8) is 0 Å². The van der Waals surface area contributed by atoms with Crippen molar-refractivity contribution in [2.45, 2.75) is 11.8 Å². The topological polar surface area (TPSA) is 88.1 Å². The monoisotopic (exact) mass is 489 g/mol. The number of ether oxygens (including phenoxy) is 1. The molecule has 0 unspecified atom stereocenters. The Morgan fingerprint density at radius 3 is 2.52 bits per heavy atom. The number of aryl methyl sites for hydroxylation is 1. The number of amides is 1. The first-order chi connectivity index (χ1) is 15.7. The van der Waals surface area contributed by atoms with Crippen LogP contribution in [0.25, 0.3) is 0 Å². The van der Waals surface area contributed by atoms with E-state index in [4.69, 9.17) is 16.3 Å². The maximum Gasteiger partial charge on any atom is 0.264 e. The third-order valence-electron chi connectivity index (χ3n) is 4.62. The van der Waals surface area contributed by atoms with Crippen LogP contribution >= 0.6 is 11.6 Å². The summed E-state index contributed by atoms with van der Waals surface area (Å²) < 4.78 is 46.7. The van der Waals surface area contributed by atoms with Crippen LogP contribution in [0.2, 0.25) is 5.02 Å². The fourth-order valence-corrected chi connectivity index (χ4v) is 4.51. The minimum Gasteiger partial charge on any atom is -0.497 e. The number of halogens is 2. The predicted molar refractivity (Wildman–Crippen MR) is 126 cm³/mol. The van der Waals surface area contributed by atoms with Crippen molar-refractivity contribution in [2.75, 3.05) is 18.0 Å². The Bertz CT molecular complexity index is 1260. The molecule has 0 saturated heterocycles. The van der Waals surface area contributed by atoms with Crippen molar-refractivity contribution < 1.29 is 22.3 Å². The van der Waals surface area contributed by atoms with Crippen molar-refractivity contribution in [2.24, 2.45) is 5.10 Å². The van der Waals surface area contributed by atoms with Crippen LogP contribution in [-0.4, -0.2) is 34.2 Å². The third kappa shape index (κ3) is 5.88. The lowest BCUT2D eigenvalue weighted by molar-refractivity contribution is -0.119. The first-order valence-electron chi connectivity index (χ1n) is 9.72. The molecule has 3 aromatic carbocycles. The summed E-state index contributed by atoms with van der Waals surface area (Å²) in [5.74, 6) is -0.929. The molecule has 0 aliphatic carbocycles. The second-order valence-electron chi connectivity index (χ2n) is 6.95. The van der Waals surface area contributed by atoms with Crippen LogP contribution in [0.1, 0.15) is 11.1 Å². The SMILES string of the molecule is COc1cccc(N(CC(=O)N/N=C\c2c(F)cccc2Cl)S(=O)(=O)c2ccc(C)cc2)c1. The number of methoxy groups -OCH3 is 1. The van der Waals surface area contributed by atoms with Gasteiger partial charge in [-0.2, -0.15) is 5.10 Å². The van der Waals surface area contributed by atoms with Gasteiger partial charge in [0.05, 0.1) is 28.9 Å². The van der Waals surface area contributed by atoms with Gasteiger partial charge in [0.1, 0.15) is 18.1 Å². The zero-order chi connectivity index (χ0) is 24.0. The fourth-order valence-electron chi connectivity index (χ4n) is 2.89. The number of carbonyl (C=O) groups is 1. The second-order valence-corrected chi connectivity index (χ2v) is 9.22. The lowest BCUT2D eigenvalue weighted by atomic mass is 10.2. The Morgan fingerprint density at radius 1 is 1.15 bits per heavy atom. The lowest BCUT2D eigenvalue weighted by Crippen LogP contribution is -2.39. The molecule has 10 heteroatoms. The second kappa shape index (κ2) is 10.5. The van der Waals surface area contributed by atoms with E-state index in [0.29, 0.717) is 5.75 Å². The minimum atomic E-state index is -4.10. The van der Waals surface area contributed by atoms with E-state index in [9.17, 15) is 17.6 Å². The number of hydrazone groups is 1. The third-order valence-corrected chi connectivity index (χ3v) is 6.74. The standard InChI is InChI=1S/C23H21ClFN3O4S/c1-16-9-11-19(12-10-16)33(30,31)28(17-5-3-6-18(13-17)32-2)15-23(29)27-26-14-20-21(24)7-4-8-22(20)25/h3-14H,15H2,1-2H3,(H,27,29)/b26-14-. The zero-order valence-corrected chi connectivity index (χ0v) is 19.4. The molecule has 0 spiro atoms. The average Bonchev–Trinajstić information content (AvgIpc) is 2.79. The largest absolute Gasteiger partial charge is 0.497 e. The molecule has 0 bridgehead atoms.